The normalized spacial score (nSPS) is 12.6. The highest BCUT2D eigenvalue weighted by Gasteiger charge is 2.31. The van der Waals surface area contributed by atoms with E-state index in [1.165, 1.54) is 0 Å². The first-order chi connectivity index (χ1) is 7.12. The molecule has 0 aliphatic carbocycles. The van der Waals surface area contributed by atoms with Gasteiger partial charge in [-0.2, -0.15) is 0 Å². The number of anilines is 1. The van der Waals surface area contributed by atoms with Crippen molar-refractivity contribution in [3.63, 3.8) is 0 Å². The molecule has 1 rings (SSSR count). The standard InChI is InChI=1S/C14H22NO/c1-13(2,3)15(14(4,5)6)11-7-9-12(16)10-8-11/h7-10H,1-6H3. The Labute approximate surface area is 98.9 Å². The van der Waals surface area contributed by atoms with E-state index in [0.717, 1.165) is 5.69 Å². The molecule has 0 aliphatic rings. The molecule has 0 unspecified atom stereocenters. The van der Waals surface area contributed by atoms with E-state index in [1.54, 1.807) is 12.1 Å². The van der Waals surface area contributed by atoms with Gasteiger partial charge in [0.25, 0.3) is 0 Å². The minimum atomic E-state index is 0.0304. The summed E-state index contributed by atoms with van der Waals surface area (Å²) in [5, 5.41) is 11.1. The molecule has 2 heteroatoms. The molecule has 2 nitrogen and oxygen atoms in total. The molecule has 1 aromatic carbocycles. The van der Waals surface area contributed by atoms with Gasteiger partial charge in [0.15, 0.2) is 5.75 Å². The summed E-state index contributed by atoms with van der Waals surface area (Å²) in [6.45, 7) is 13.1. The van der Waals surface area contributed by atoms with Crippen LogP contribution in [0.3, 0.4) is 0 Å². The van der Waals surface area contributed by atoms with E-state index < -0.39 is 0 Å². The lowest BCUT2D eigenvalue weighted by molar-refractivity contribution is 0.353. The van der Waals surface area contributed by atoms with Crippen LogP contribution in [0.15, 0.2) is 24.3 Å². The molecule has 0 fully saturated rings. The van der Waals surface area contributed by atoms with Crippen LogP contribution in [-0.2, 0) is 5.11 Å². The number of rotatable bonds is 1. The van der Waals surface area contributed by atoms with Crippen LogP contribution in [0.4, 0.5) is 5.69 Å². The minimum Gasteiger partial charge on any atom is -0.362 e. The molecule has 1 aromatic rings. The summed E-state index contributed by atoms with van der Waals surface area (Å²) in [6, 6.07) is 7.05. The maximum atomic E-state index is 11.1. The molecule has 0 atom stereocenters. The lowest BCUT2D eigenvalue weighted by Gasteiger charge is -2.47. The zero-order valence-corrected chi connectivity index (χ0v) is 11.2. The predicted octanol–water partition coefficient (Wildman–Crippen LogP) is 4.23. The molecule has 0 spiro atoms. The van der Waals surface area contributed by atoms with Crippen LogP contribution in [0.25, 0.3) is 0 Å². The van der Waals surface area contributed by atoms with E-state index in [9.17, 15) is 5.11 Å². The van der Waals surface area contributed by atoms with E-state index in [2.05, 4.69) is 46.4 Å². The second-order valence-electron chi connectivity index (χ2n) is 6.17. The van der Waals surface area contributed by atoms with E-state index in [1.807, 2.05) is 12.1 Å². The first-order valence-corrected chi connectivity index (χ1v) is 5.70. The smallest absolute Gasteiger partial charge is 0.178 e. The van der Waals surface area contributed by atoms with E-state index in [0.29, 0.717) is 0 Å². The van der Waals surface area contributed by atoms with Crippen LogP contribution in [0.5, 0.6) is 5.75 Å². The molecule has 0 amide bonds. The zero-order valence-electron chi connectivity index (χ0n) is 11.2. The van der Waals surface area contributed by atoms with Gasteiger partial charge in [-0.1, -0.05) is 0 Å². The predicted molar refractivity (Wildman–Crippen MR) is 68.6 cm³/mol. The molecule has 0 saturated heterocycles. The molecular weight excluding hydrogens is 198 g/mol. The fourth-order valence-corrected chi connectivity index (χ4v) is 2.38. The van der Waals surface area contributed by atoms with Crippen molar-refractivity contribution in [2.24, 2.45) is 0 Å². The van der Waals surface area contributed by atoms with Crippen molar-refractivity contribution >= 4 is 5.69 Å². The van der Waals surface area contributed by atoms with Crippen molar-refractivity contribution < 1.29 is 5.11 Å². The number of hydrogen-bond donors (Lipinski definition) is 0. The van der Waals surface area contributed by atoms with Crippen LogP contribution < -0.4 is 4.90 Å². The van der Waals surface area contributed by atoms with Gasteiger partial charge in [0.1, 0.15) is 0 Å². The Morgan fingerprint density at radius 2 is 1.19 bits per heavy atom. The Kier molecular flexibility index (Phi) is 3.22. The molecule has 0 saturated carbocycles. The zero-order chi connectivity index (χ0) is 12.6. The Morgan fingerprint density at radius 3 is 1.50 bits per heavy atom. The summed E-state index contributed by atoms with van der Waals surface area (Å²) >= 11 is 0. The Balaban J connectivity index is 3.18. The fourth-order valence-electron chi connectivity index (χ4n) is 2.38. The van der Waals surface area contributed by atoms with Crippen LogP contribution in [-0.4, -0.2) is 11.1 Å². The van der Waals surface area contributed by atoms with Gasteiger partial charge in [-0.05, 0) is 65.8 Å². The average Bonchev–Trinajstić information content (AvgIpc) is 2.03. The molecule has 0 aromatic heterocycles. The fraction of sp³-hybridized carbons (Fsp3) is 0.571. The van der Waals surface area contributed by atoms with Gasteiger partial charge in [-0.25, -0.2) is 0 Å². The lowest BCUT2D eigenvalue weighted by atomic mass is 9.95. The molecular formula is C14H22NO. The maximum absolute atomic E-state index is 11.1. The second-order valence-corrected chi connectivity index (χ2v) is 6.17. The molecule has 1 radical (unpaired) electrons. The maximum Gasteiger partial charge on any atom is 0.178 e. The van der Waals surface area contributed by atoms with Crippen molar-refractivity contribution in [1.82, 2.24) is 0 Å². The number of nitrogens with zero attached hydrogens (tertiary/aromatic N) is 1. The highest BCUT2D eigenvalue weighted by Crippen LogP contribution is 2.32. The summed E-state index contributed by atoms with van der Waals surface area (Å²) in [4.78, 5) is 2.33. The largest absolute Gasteiger partial charge is 0.362 e. The monoisotopic (exact) mass is 220 g/mol. The van der Waals surface area contributed by atoms with Crippen LogP contribution in [0, 0.1) is 0 Å². The van der Waals surface area contributed by atoms with Gasteiger partial charge >= 0.3 is 0 Å². The van der Waals surface area contributed by atoms with Crippen molar-refractivity contribution in [1.29, 1.82) is 0 Å². The molecule has 16 heavy (non-hydrogen) atoms. The third kappa shape index (κ3) is 2.91. The van der Waals surface area contributed by atoms with Gasteiger partial charge in [-0.15, -0.1) is 0 Å². The molecule has 0 bridgehead atoms. The Morgan fingerprint density at radius 1 is 0.812 bits per heavy atom. The SMILES string of the molecule is CC(C)(C)N(c1ccc([O])cc1)C(C)(C)C. The quantitative estimate of drug-likeness (QED) is 0.694. The van der Waals surface area contributed by atoms with Gasteiger partial charge in [0.05, 0.1) is 0 Å². The Hall–Kier alpha value is -1.18. The van der Waals surface area contributed by atoms with Crippen LogP contribution in [0.2, 0.25) is 0 Å². The van der Waals surface area contributed by atoms with Gasteiger partial charge in [-0.3, -0.25) is 5.11 Å². The summed E-state index contributed by atoms with van der Waals surface area (Å²) in [7, 11) is 0. The first kappa shape index (κ1) is 12.9. The van der Waals surface area contributed by atoms with Gasteiger partial charge in [0, 0.05) is 16.8 Å². The number of benzene rings is 1. The first-order valence-electron chi connectivity index (χ1n) is 5.70. The van der Waals surface area contributed by atoms with E-state index in [4.69, 9.17) is 0 Å². The average molecular weight is 220 g/mol. The third-order valence-electron chi connectivity index (χ3n) is 2.44. The molecule has 0 aliphatic heterocycles. The highest BCUT2D eigenvalue weighted by molar-refractivity contribution is 5.52. The van der Waals surface area contributed by atoms with Gasteiger partial charge < -0.3 is 4.90 Å². The minimum absolute atomic E-state index is 0.0304. The highest BCUT2D eigenvalue weighted by atomic mass is 16.3. The summed E-state index contributed by atoms with van der Waals surface area (Å²) in [6.07, 6.45) is 0. The summed E-state index contributed by atoms with van der Waals surface area (Å²) < 4.78 is 0. The topological polar surface area (TPSA) is 23.1 Å². The second kappa shape index (κ2) is 4.00. The van der Waals surface area contributed by atoms with E-state index in [-0.39, 0.29) is 16.8 Å². The van der Waals surface area contributed by atoms with Crippen molar-refractivity contribution in [3.05, 3.63) is 24.3 Å². The van der Waals surface area contributed by atoms with E-state index >= 15 is 0 Å². The van der Waals surface area contributed by atoms with Crippen LogP contribution in [0.1, 0.15) is 41.5 Å². The van der Waals surface area contributed by atoms with Crippen molar-refractivity contribution in [2.75, 3.05) is 4.90 Å². The van der Waals surface area contributed by atoms with Crippen LogP contribution >= 0.6 is 0 Å². The van der Waals surface area contributed by atoms with Crippen molar-refractivity contribution in [2.45, 2.75) is 52.6 Å². The molecule has 89 valence electrons. The molecule has 0 N–H and O–H groups in total. The molecule has 0 heterocycles. The third-order valence-corrected chi connectivity index (χ3v) is 2.44. The van der Waals surface area contributed by atoms with Crippen molar-refractivity contribution in [3.8, 4) is 5.75 Å². The lowest BCUT2D eigenvalue weighted by Crippen LogP contribution is -2.52. The summed E-state index contributed by atoms with van der Waals surface area (Å²) in [5.74, 6) is 0.0616. The summed E-state index contributed by atoms with van der Waals surface area (Å²) in [5.41, 5.74) is 1.16. The Bertz CT molecular complexity index is 326. The number of hydrogen-bond acceptors (Lipinski definition) is 1. The van der Waals surface area contributed by atoms with Gasteiger partial charge in [0.2, 0.25) is 0 Å².